The number of hydrogen-bond donors (Lipinski definition) is 0. The molecule has 60 valence electrons. The first-order valence-electron chi connectivity index (χ1n) is 3.07. The quantitative estimate of drug-likeness (QED) is 0.412. The van der Waals surface area contributed by atoms with Crippen LogP contribution in [-0.2, 0) is 4.84 Å². The number of thiophene rings is 1. The topological polar surface area (TPSA) is 21.6 Å². The number of nitrogens with zero attached hydrogens (tertiary/aromatic N) is 1. The molecule has 0 aliphatic rings. The van der Waals surface area contributed by atoms with Gasteiger partial charge in [-0.25, -0.2) is 0 Å². The fourth-order valence-electron chi connectivity index (χ4n) is 0.618. The van der Waals surface area contributed by atoms with E-state index in [0.717, 1.165) is 4.88 Å². The van der Waals surface area contributed by atoms with Crippen molar-refractivity contribution < 1.29 is 4.84 Å². The predicted octanol–water partition coefficient (Wildman–Crippen LogP) is 2.45. The maximum atomic E-state index is 4.56. The van der Waals surface area contributed by atoms with Gasteiger partial charge in [0.25, 0.3) is 0 Å². The summed E-state index contributed by atoms with van der Waals surface area (Å²) in [4.78, 5) is 5.68. The van der Waals surface area contributed by atoms with Crippen molar-refractivity contribution in [3.63, 3.8) is 0 Å². The van der Waals surface area contributed by atoms with Crippen molar-refractivity contribution >= 4 is 29.3 Å². The molecular formula is C7H9NOS2. The van der Waals surface area contributed by atoms with E-state index in [4.69, 9.17) is 0 Å². The fourth-order valence-corrected chi connectivity index (χ4v) is 2.04. The van der Waals surface area contributed by atoms with Crippen molar-refractivity contribution in [3.8, 4) is 0 Å². The van der Waals surface area contributed by atoms with Crippen LogP contribution >= 0.6 is 23.1 Å². The highest BCUT2D eigenvalue weighted by Crippen LogP contribution is 2.23. The molecule has 0 atom stereocenters. The summed E-state index contributed by atoms with van der Waals surface area (Å²) in [5.41, 5.74) is 0. The summed E-state index contributed by atoms with van der Waals surface area (Å²) < 4.78 is 1.29. The van der Waals surface area contributed by atoms with Gasteiger partial charge in [0.05, 0.1) is 10.4 Å². The van der Waals surface area contributed by atoms with Gasteiger partial charge < -0.3 is 4.84 Å². The highest BCUT2D eigenvalue weighted by Gasteiger charge is 1.94. The van der Waals surface area contributed by atoms with Gasteiger partial charge in [0.2, 0.25) is 0 Å². The average Bonchev–Trinajstić information content (AvgIpc) is 2.48. The Bertz CT molecular complexity index is 244. The molecule has 0 unspecified atom stereocenters. The Labute approximate surface area is 74.3 Å². The second-order valence-electron chi connectivity index (χ2n) is 1.78. The Morgan fingerprint density at radius 3 is 3.00 bits per heavy atom. The van der Waals surface area contributed by atoms with E-state index in [2.05, 4.69) is 22.3 Å². The molecule has 0 radical (unpaired) electrons. The number of oxime groups is 1. The Hall–Kier alpha value is -0.480. The molecule has 0 N–H and O–H groups in total. The van der Waals surface area contributed by atoms with Crippen LogP contribution in [0.1, 0.15) is 4.88 Å². The molecule has 0 fully saturated rings. The lowest BCUT2D eigenvalue weighted by Gasteiger charge is -1.84. The molecule has 4 heteroatoms. The van der Waals surface area contributed by atoms with Gasteiger partial charge >= 0.3 is 0 Å². The van der Waals surface area contributed by atoms with Crippen LogP contribution in [-0.4, -0.2) is 19.6 Å². The molecular weight excluding hydrogens is 178 g/mol. The molecule has 1 rings (SSSR count). The van der Waals surface area contributed by atoms with E-state index >= 15 is 0 Å². The minimum absolute atomic E-state index is 1.12. The monoisotopic (exact) mass is 187 g/mol. The summed E-state index contributed by atoms with van der Waals surface area (Å²) in [6, 6.07) is 4.10. The zero-order valence-corrected chi connectivity index (χ0v) is 8.04. The maximum absolute atomic E-state index is 4.56. The van der Waals surface area contributed by atoms with Gasteiger partial charge in [0.1, 0.15) is 7.11 Å². The zero-order valence-electron chi connectivity index (χ0n) is 6.40. The maximum Gasteiger partial charge on any atom is 0.106 e. The minimum Gasteiger partial charge on any atom is -0.399 e. The predicted molar refractivity (Wildman–Crippen MR) is 50.7 cm³/mol. The van der Waals surface area contributed by atoms with E-state index in [-0.39, 0.29) is 0 Å². The summed E-state index contributed by atoms with van der Waals surface area (Å²) in [6.07, 6.45) is 3.77. The van der Waals surface area contributed by atoms with Crippen molar-refractivity contribution in [2.75, 3.05) is 13.4 Å². The van der Waals surface area contributed by atoms with E-state index in [0.29, 0.717) is 0 Å². The van der Waals surface area contributed by atoms with Crippen LogP contribution in [0.25, 0.3) is 0 Å². The normalized spacial score (nSPS) is 10.7. The van der Waals surface area contributed by atoms with Gasteiger partial charge in [-0.05, 0) is 18.4 Å². The van der Waals surface area contributed by atoms with Gasteiger partial charge in [-0.1, -0.05) is 5.16 Å². The molecule has 0 aliphatic carbocycles. The van der Waals surface area contributed by atoms with Gasteiger partial charge in [0.15, 0.2) is 0 Å². The van der Waals surface area contributed by atoms with Crippen LogP contribution in [0, 0.1) is 0 Å². The first-order valence-corrected chi connectivity index (χ1v) is 5.11. The second-order valence-corrected chi connectivity index (χ2v) is 4.00. The smallest absolute Gasteiger partial charge is 0.106 e. The Morgan fingerprint density at radius 2 is 2.45 bits per heavy atom. The third-order valence-corrected chi connectivity index (χ3v) is 3.19. The Morgan fingerprint density at radius 1 is 1.64 bits per heavy atom. The average molecular weight is 187 g/mol. The summed E-state index contributed by atoms with van der Waals surface area (Å²) in [7, 11) is 1.54. The molecule has 1 aromatic heterocycles. The molecule has 0 bridgehead atoms. The molecule has 11 heavy (non-hydrogen) atoms. The van der Waals surface area contributed by atoms with E-state index in [1.807, 2.05) is 6.07 Å². The SMILES string of the molecule is CO/N=C/c1ccc(SC)s1. The van der Waals surface area contributed by atoms with E-state index in [1.54, 1.807) is 36.4 Å². The largest absolute Gasteiger partial charge is 0.399 e. The molecule has 0 amide bonds. The lowest BCUT2D eigenvalue weighted by atomic mass is 10.5. The number of rotatable bonds is 3. The summed E-state index contributed by atoms with van der Waals surface area (Å²) in [6.45, 7) is 0. The molecule has 1 aromatic rings. The molecule has 2 nitrogen and oxygen atoms in total. The van der Waals surface area contributed by atoms with Crippen LogP contribution in [0.2, 0.25) is 0 Å². The lowest BCUT2D eigenvalue weighted by Crippen LogP contribution is -1.72. The Balaban J connectivity index is 2.65. The van der Waals surface area contributed by atoms with Gasteiger partial charge in [0, 0.05) is 4.88 Å². The van der Waals surface area contributed by atoms with Crippen LogP contribution < -0.4 is 0 Å². The Kier molecular flexibility index (Phi) is 3.45. The van der Waals surface area contributed by atoms with Gasteiger partial charge in [-0.2, -0.15) is 0 Å². The third-order valence-electron chi connectivity index (χ3n) is 1.09. The highest BCUT2D eigenvalue weighted by molar-refractivity contribution is 8.00. The van der Waals surface area contributed by atoms with Crippen molar-refractivity contribution in [1.82, 2.24) is 0 Å². The standard InChI is InChI=1S/C7H9NOS2/c1-9-8-5-6-3-4-7(10-2)11-6/h3-5H,1-2H3/b8-5+. The lowest BCUT2D eigenvalue weighted by molar-refractivity contribution is 0.215. The summed E-state index contributed by atoms with van der Waals surface area (Å²) >= 11 is 3.45. The van der Waals surface area contributed by atoms with Crippen LogP contribution in [0.3, 0.4) is 0 Å². The first kappa shape index (κ1) is 8.62. The van der Waals surface area contributed by atoms with Gasteiger partial charge in [-0.3, -0.25) is 0 Å². The van der Waals surface area contributed by atoms with Crippen molar-refractivity contribution in [2.45, 2.75) is 4.21 Å². The van der Waals surface area contributed by atoms with Gasteiger partial charge in [-0.15, -0.1) is 23.1 Å². The third kappa shape index (κ3) is 2.55. The fraction of sp³-hybridized carbons (Fsp3) is 0.286. The summed E-state index contributed by atoms with van der Waals surface area (Å²) in [5.74, 6) is 0. The van der Waals surface area contributed by atoms with E-state index in [1.165, 1.54) is 4.21 Å². The molecule has 0 saturated carbocycles. The molecule has 0 saturated heterocycles. The van der Waals surface area contributed by atoms with Crippen LogP contribution in [0.4, 0.5) is 0 Å². The highest BCUT2D eigenvalue weighted by atomic mass is 32.2. The minimum atomic E-state index is 1.12. The first-order chi connectivity index (χ1) is 5.36. The molecule has 0 spiro atoms. The van der Waals surface area contributed by atoms with E-state index in [9.17, 15) is 0 Å². The summed E-state index contributed by atoms with van der Waals surface area (Å²) in [5, 5.41) is 3.67. The molecule has 0 aromatic carbocycles. The zero-order chi connectivity index (χ0) is 8.10. The molecule has 1 heterocycles. The van der Waals surface area contributed by atoms with E-state index < -0.39 is 0 Å². The number of thioether (sulfide) groups is 1. The number of hydrogen-bond acceptors (Lipinski definition) is 4. The van der Waals surface area contributed by atoms with Crippen LogP contribution in [0.15, 0.2) is 21.5 Å². The van der Waals surface area contributed by atoms with Crippen LogP contribution in [0.5, 0.6) is 0 Å². The molecule has 0 aliphatic heterocycles. The van der Waals surface area contributed by atoms with Crippen molar-refractivity contribution in [3.05, 3.63) is 17.0 Å². The van der Waals surface area contributed by atoms with Crippen molar-refractivity contribution in [2.24, 2.45) is 5.16 Å². The second kappa shape index (κ2) is 4.41. The van der Waals surface area contributed by atoms with Crippen molar-refractivity contribution in [1.29, 1.82) is 0 Å².